The third-order valence-electron chi connectivity index (χ3n) is 5.42. The molecule has 0 fully saturated rings. The minimum absolute atomic E-state index is 0.0285. The number of hydrogen-bond donors (Lipinski definition) is 2. The minimum Gasteiger partial charge on any atom is -0.322 e. The van der Waals surface area contributed by atoms with Crippen LogP contribution in [0.5, 0.6) is 0 Å². The maximum Gasteiger partial charge on any atom is 0.279 e. The van der Waals surface area contributed by atoms with E-state index in [4.69, 9.17) is 4.98 Å². The second-order valence-corrected chi connectivity index (χ2v) is 8.67. The van der Waals surface area contributed by atoms with Crippen molar-refractivity contribution in [1.82, 2.24) is 14.8 Å². The van der Waals surface area contributed by atoms with Crippen LogP contribution >= 0.6 is 11.3 Å². The third-order valence-corrected chi connectivity index (χ3v) is 6.64. The number of carbonyl (C=O) groups excluding carboxylic acids is 1. The average molecular weight is 421 g/mol. The molecule has 0 saturated carbocycles. The first-order valence-corrected chi connectivity index (χ1v) is 10.8. The lowest BCUT2D eigenvalue weighted by atomic mass is 10.2. The Hall–Kier alpha value is -3.03. The molecule has 6 nitrogen and oxygen atoms in total. The Morgan fingerprint density at radius 1 is 1.13 bits per heavy atom. The summed E-state index contributed by atoms with van der Waals surface area (Å²) in [5.74, 6) is -0.0285. The molecule has 2 N–H and O–H groups in total. The van der Waals surface area contributed by atoms with Crippen LogP contribution in [0.2, 0.25) is 0 Å². The van der Waals surface area contributed by atoms with Crippen molar-refractivity contribution < 1.29 is 9.69 Å². The van der Waals surface area contributed by atoms with Gasteiger partial charge in [0.1, 0.15) is 6.04 Å². The summed E-state index contributed by atoms with van der Waals surface area (Å²) in [7, 11) is 2.03. The summed E-state index contributed by atoms with van der Waals surface area (Å²) in [6.07, 6.45) is 0. The summed E-state index contributed by atoms with van der Waals surface area (Å²) in [5, 5.41) is 8.73. The zero-order valence-electron chi connectivity index (χ0n) is 17.6. The minimum atomic E-state index is -0.0285. The van der Waals surface area contributed by atoms with Crippen molar-refractivity contribution in [3.05, 3.63) is 71.0 Å². The van der Waals surface area contributed by atoms with E-state index >= 15 is 0 Å². The van der Waals surface area contributed by atoms with E-state index in [1.165, 1.54) is 4.70 Å². The Kier molecular flexibility index (Phi) is 5.65. The molecule has 154 valence electrons. The average Bonchev–Trinajstić information content (AvgIpc) is 3.30. The van der Waals surface area contributed by atoms with Gasteiger partial charge in [0.05, 0.1) is 40.0 Å². The first kappa shape index (κ1) is 20.3. The molecule has 2 atom stereocenters. The predicted molar refractivity (Wildman–Crippen MR) is 121 cm³/mol. The molecule has 2 heterocycles. The number of hydrogen-bond acceptors (Lipinski definition) is 4. The van der Waals surface area contributed by atoms with Crippen molar-refractivity contribution >= 4 is 33.1 Å². The SMILES string of the molecule is Cc1nn(-c2ccccc2)c(C)c1NC(=O)C[NH+](C)[C@@H](C)c1nc2ccccc2s1. The molecule has 1 unspecified atom stereocenters. The van der Waals surface area contributed by atoms with E-state index in [9.17, 15) is 4.79 Å². The molecule has 0 radical (unpaired) electrons. The summed E-state index contributed by atoms with van der Waals surface area (Å²) in [4.78, 5) is 18.6. The monoisotopic (exact) mass is 420 g/mol. The zero-order chi connectivity index (χ0) is 21.3. The van der Waals surface area contributed by atoms with Crippen LogP contribution in [0.15, 0.2) is 54.6 Å². The van der Waals surface area contributed by atoms with Crippen molar-refractivity contribution in [2.24, 2.45) is 0 Å². The lowest BCUT2D eigenvalue weighted by Crippen LogP contribution is -3.10. The van der Waals surface area contributed by atoms with Gasteiger partial charge in [0, 0.05) is 0 Å². The molecule has 4 rings (SSSR count). The Balaban J connectivity index is 1.46. The maximum atomic E-state index is 12.8. The molecule has 4 aromatic rings. The van der Waals surface area contributed by atoms with E-state index in [-0.39, 0.29) is 11.9 Å². The summed E-state index contributed by atoms with van der Waals surface area (Å²) < 4.78 is 3.04. The second-order valence-electron chi connectivity index (χ2n) is 7.61. The number of aryl methyl sites for hydroxylation is 1. The van der Waals surface area contributed by atoms with Gasteiger partial charge in [-0.05, 0) is 45.0 Å². The van der Waals surface area contributed by atoms with Crippen LogP contribution in [0.3, 0.4) is 0 Å². The lowest BCUT2D eigenvalue weighted by molar-refractivity contribution is -0.902. The molecule has 0 saturated heterocycles. The van der Waals surface area contributed by atoms with Gasteiger partial charge in [-0.2, -0.15) is 5.10 Å². The number of thiazole rings is 1. The standard InChI is InChI=1S/C23H25N5OS/c1-15-22(16(2)28(26-15)18-10-6-5-7-11-18)25-21(29)14-27(4)17(3)23-24-19-12-8-9-13-20(19)30-23/h5-13,17H,14H2,1-4H3,(H,25,29)/p+1/t17-/m0/s1. The topological polar surface area (TPSA) is 64.2 Å². The van der Waals surface area contributed by atoms with Crippen molar-refractivity contribution in [3.63, 3.8) is 0 Å². The number of quaternary nitrogens is 1. The molecule has 0 aliphatic heterocycles. The summed E-state index contributed by atoms with van der Waals surface area (Å²) in [6, 6.07) is 18.2. The van der Waals surface area contributed by atoms with Gasteiger partial charge in [-0.1, -0.05) is 30.3 Å². The van der Waals surface area contributed by atoms with Gasteiger partial charge in [-0.15, -0.1) is 11.3 Å². The van der Waals surface area contributed by atoms with Crippen LogP contribution in [0.4, 0.5) is 5.69 Å². The lowest BCUT2D eigenvalue weighted by Gasteiger charge is -2.19. The van der Waals surface area contributed by atoms with Crippen LogP contribution in [0.1, 0.15) is 29.4 Å². The number of carbonyl (C=O) groups is 1. The summed E-state index contributed by atoms with van der Waals surface area (Å²) in [5.41, 5.74) is 4.50. The number of fused-ring (bicyclic) bond motifs is 1. The van der Waals surface area contributed by atoms with E-state index in [0.717, 1.165) is 38.2 Å². The fourth-order valence-corrected chi connectivity index (χ4v) is 4.63. The first-order chi connectivity index (χ1) is 14.4. The quantitative estimate of drug-likeness (QED) is 0.503. The van der Waals surface area contributed by atoms with Crippen LogP contribution in [-0.2, 0) is 4.79 Å². The summed E-state index contributed by atoms with van der Waals surface area (Å²) >= 11 is 1.69. The number of amides is 1. The van der Waals surface area contributed by atoms with Crippen molar-refractivity contribution in [1.29, 1.82) is 0 Å². The Labute approximate surface area is 180 Å². The van der Waals surface area contributed by atoms with E-state index in [0.29, 0.717) is 6.54 Å². The van der Waals surface area contributed by atoms with Gasteiger partial charge < -0.3 is 10.2 Å². The largest absolute Gasteiger partial charge is 0.322 e. The molecule has 0 spiro atoms. The van der Waals surface area contributed by atoms with Gasteiger partial charge in [0.2, 0.25) is 0 Å². The smallest absolute Gasteiger partial charge is 0.279 e. The highest BCUT2D eigenvalue weighted by atomic mass is 32.1. The fourth-order valence-electron chi connectivity index (χ4n) is 3.52. The van der Waals surface area contributed by atoms with Gasteiger partial charge in [-0.3, -0.25) is 4.79 Å². The number of anilines is 1. The number of para-hydroxylation sites is 2. The highest BCUT2D eigenvalue weighted by molar-refractivity contribution is 7.18. The van der Waals surface area contributed by atoms with Crippen molar-refractivity contribution in [3.8, 4) is 5.69 Å². The Morgan fingerprint density at radius 2 is 1.83 bits per heavy atom. The molecular formula is C23H26N5OS+. The number of benzene rings is 2. The molecule has 1 amide bonds. The molecule has 0 aliphatic rings. The van der Waals surface area contributed by atoms with Gasteiger partial charge in [-0.25, -0.2) is 9.67 Å². The fraction of sp³-hybridized carbons (Fsp3) is 0.261. The number of likely N-dealkylation sites (N-methyl/N-ethyl adjacent to an activating group) is 1. The number of nitrogens with zero attached hydrogens (tertiary/aromatic N) is 3. The van der Waals surface area contributed by atoms with Crippen LogP contribution in [-0.4, -0.2) is 34.3 Å². The van der Waals surface area contributed by atoms with Gasteiger partial charge in [0.25, 0.3) is 5.91 Å². The highest BCUT2D eigenvalue weighted by Gasteiger charge is 2.23. The predicted octanol–water partition coefficient (Wildman–Crippen LogP) is 3.31. The van der Waals surface area contributed by atoms with E-state index in [1.54, 1.807) is 11.3 Å². The number of aromatic nitrogens is 3. The highest BCUT2D eigenvalue weighted by Crippen LogP contribution is 2.25. The summed E-state index contributed by atoms with van der Waals surface area (Å²) in [6.45, 7) is 6.36. The van der Waals surface area contributed by atoms with E-state index in [2.05, 4.69) is 23.4 Å². The van der Waals surface area contributed by atoms with Gasteiger partial charge >= 0.3 is 0 Å². The normalized spacial score (nSPS) is 13.3. The third kappa shape index (κ3) is 3.99. The second kappa shape index (κ2) is 8.38. The molecular weight excluding hydrogens is 394 g/mol. The van der Waals surface area contributed by atoms with E-state index in [1.807, 2.05) is 74.1 Å². The van der Waals surface area contributed by atoms with Crippen LogP contribution in [0.25, 0.3) is 15.9 Å². The zero-order valence-corrected chi connectivity index (χ0v) is 18.5. The molecule has 7 heteroatoms. The maximum absolute atomic E-state index is 12.8. The molecule has 30 heavy (non-hydrogen) atoms. The van der Waals surface area contributed by atoms with Crippen LogP contribution in [0, 0.1) is 13.8 Å². The first-order valence-electron chi connectivity index (χ1n) is 10.0. The molecule has 0 bridgehead atoms. The Morgan fingerprint density at radius 3 is 2.57 bits per heavy atom. The number of nitrogens with one attached hydrogen (secondary N) is 2. The van der Waals surface area contributed by atoms with Crippen molar-refractivity contribution in [2.75, 3.05) is 18.9 Å². The van der Waals surface area contributed by atoms with Crippen LogP contribution < -0.4 is 10.2 Å². The number of rotatable bonds is 6. The van der Waals surface area contributed by atoms with Gasteiger partial charge in [0.15, 0.2) is 11.6 Å². The molecule has 0 aliphatic carbocycles. The van der Waals surface area contributed by atoms with E-state index < -0.39 is 0 Å². The molecule has 2 aromatic heterocycles. The molecule has 2 aromatic carbocycles. The van der Waals surface area contributed by atoms with Crippen molar-refractivity contribution in [2.45, 2.75) is 26.8 Å². The Bertz CT molecular complexity index is 1150.